The Hall–Kier alpha value is -0.0400. The van der Waals surface area contributed by atoms with E-state index in [9.17, 15) is 5.11 Å². The largest absolute Gasteiger partial charge is 0.390 e. The summed E-state index contributed by atoms with van der Waals surface area (Å²) in [5.74, 6) is 0.611. The Kier molecular flexibility index (Phi) is 1.05. The van der Waals surface area contributed by atoms with Crippen molar-refractivity contribution in [3.05, 3.63) is 0 Å². The molecule has 0 heterocycles. The fraction of sp³-hybridized carbons (Fsp3) is 1.00. The number of hydrogen-bond acceptors (Lipinski definition) is 1. The van der Waals surface area contributed by atoms with Crippen LogP contribution in [0.25, 0.3) is 0 Å². The minimum absolute atomic E-state index is 0.326. The molecule has 0 aromatic heterocycles. The molecule has 2 fully saturated rings. The minimum Gasteiger partial charge on any atom is -0.390 e. The van der Waals surface area contributed by atoms with E-state index in [0.29, 0.717) is 11.3 Å². The maximum absolute atomic E-state index is 9.85. The molecule has 1 N–H and O–H groups in total. The van der Waals surface area contributed by atoms with Crippen LogP contribution in [0.2, 0.25) is 0 Å². The van der Waals surface area contributed by atoms with Gasteiger partial charge in [-0.15, -0.1) is 0 Å². The van der Waals surface area contributed by atoms with Crippen molar-refractivity contribution >= 4 is 0 Å². The van der Waals surface area contributed by atoms with E-state index in [4.69, 9.17) is 0 Å². The first-order valence-corrected chi connectivity index (χ1v) is 4.27. The molecule has 0 bridgehead atoms. The van der Waals surface area contributed by atoms with Gasteiger partial charge in [0.15, 0.2) is 0 Å². The second-order valence-corrected chi connectivity index (χ2v) is 4.60. The predicted octanol–water partition coefficient (Wildman–Crippen LogP) is 1.95. The summed E-state index contributed by atoms with van der Waals surface area (Å²) in [5, 5.41) is 9.85. The summed E-state index contributed by atoms with van der Waals surface area (Å²) in [7, 11) is 0. The van der Waals surface area contributed by atoms with E-state index in [1.165, 1.54) is 19.3 Å². The summed E-state index contributed by atoms with van der Waals surface area (Å²) in [5.41, 5.74) is 0.191. The Bertz CT molecular complexity index is 151. The van der Waals surface area contributed by atoms with E-state index in [-0.39, 0.29) is 5.60 Å². The predicted molar refractivity (Wildman–Crippen MR) is 40.7 cm³/mol. The quantitative estimate of drug-likeness (QED) is 0.545. The molecule has 3 atom stereocenters. The highest BCUT2D eigenvalue weighted by Crippen LogP contribution is 2.61. The second-order valence-electron chi connectivity index (χ2n) is 4.60. The van der Waals surface area contributed by atoms with Crippen LogP contribution in [0, 0.1) is 11.3 Å². The molecular formula is C9H16O. The molecule has 58 valence electrons. The fourth-order valence-corrected chi connectivity index (χ4v) is 2.86. The highest BCUT2D eigenvalue weighted by atomic mass is 16.3. The molecule has 2 aliphatic rings. The monoisotopic (exact) mass is 140 g/mol. The summed E-state index contributed by atoms with van der Waals surface area (Å²) < 4.78 is 0. The Labute approximate surface area is 62.4 Å². The Balaban J connectivity index is 2.22. The van der Waals surface area contributed by atoms with Crippen molar-refractivity contribution in [2.24, 2.45) is 11.3 Å². The average molecular weight is 140 g/mol. The summed E-state index contributed by atoms with van der Waals surface area (Å²) in [4.78, 5) is 0. The standard InChI is InChI=1S/C9H16O/c1-8-4-3-7(8)9(2,10)6-5-8/h7,10H,3-6H2,1-2H3/t7-,8-,9+/m0/s1. The van der Waals surface area contributed by atoms with Gasteiger partial charge in [-0.2, -0.15) is 0 Å². The zero-order valence-electron chi connectivity index (χ0n) is 6.85. The number of aliphatic hydroxyl groups is 1. The summed E-state index contributed by atoms with van der Waals surface area (Å²) in [6, 6.07) is 0. The van der Waals surface area contributed by atoms with E-state index in [1.54, 1.807) is 0 Å². The van der Waals surface area contributed by atoms with Crippen molar-refractivity contribution in [1.29, 1.82) is 0 Å². The molecule has 0 aromatic rings. The van der Waals surface area contributed by atoms with Gasteiger partial charge in [0, 0.05) is 0 Å². The van der Waals surface area contributed by atoms with Gasteiger partial charge in [0.25, 0.3) is 0 Å². The number of fused-ring (bicyclic) bond motifs is 1. The topological polar surface area (TPSA) is 20.2 Å². The van der Waals surface area contributed by atoms with Crippen molar-refractivity contribution in [3.8, 4) is 0 Å². The van der Waals surface area contributed by atoms with Gasteiger partial charge in [0.05, 0.1) is 5.60 Å². The molecule has 0 unspecified atom stereocenters. The molecular weight excluding hydrogens is 124 g/mol. The van der Waals surface area contributed by atoms with Gasteiger partial charge in [-0.3, -0.25) is 0 Å². The molecule has 2 aliphatic carbocycles. The highest BCUT2D eigenvalue weighted by molar-refractivity contribution is 5.07. The highest BCUT2D eigenvalue weighted by Gasteiger charge is 2.56. The fourth-order valence-electron chi connectivity index (χ4n) is 2.86. The molecule has 2 saturated carbocycles. The van der Waals surface area contributed by atoms with E-state index < -0.39 is 0 Å². The molecule has 1 heteroatoms. The summed E-state index contributed by atoms with van der Waals surface area (Å²) in [6.07, 6.45) is 4.86. The summed E-state index contributed by atoms with van der Waals surface area (Å²) >= 11 is 0. The molecule has 0 aliphatic heterocycles. The number of hydrogen-bond donors (Lipinski definition) is 1. The zero-order valence-corrected chi connectivity index (χ0v) is 6.85. The van der Waals surface area contributed by atoms with Gasteiger partial charge in [0.1, 0.15) is 0 Å². The van der Waals surface area contributed by atoms with E-state index >= 15 is 0 Å². The van der Waals surface area contributed by atoms with Gasteiger partial charge in [-0.25, -0.2) is 0 Å². The maximum Gasteiger partial charge on any atom is 0.0653 e. The Morgan fingerprint density at radius 3 is 2.10 bits per heavy atom. The van der Waals surface area contributed by atoms with Crippen LogP contribution < -0.4 is 0 Å². The molecule has 0 amide bonds. The molecule has 0 radical (unpaired) electrons. The second kappa shape index (κ2) is 1.58. The van der Waals surface area contributed by atoms with Gasteiger partial charge in [0.2, 0.25) is 0 Å². The first-order valence-electron chi connectivity index (χ1n) is 4.27. The van der Waals surface area contributed by atoms with Crippen molar-refractivity contribution in [2.45, 2.75) is 45.1 Å². The van der Waals surface area contributed by atoms with Crippen LogP contribution in [0.4, 0.5) is 0 Å². The van der Waals surface area contributed by atoms with Gasteiger partial charge in [-0.05, 0) is 43.9 Å². The van der Waals surface area contributed by atoms with Crippen LogP contribution in [-0.4, -0.2) is 10.7 Å². The van der Waals surface area contributed by atoms with Gasteiger partial charge < -0.3 is 5.11 Å². The van der Waals surface area contributed by atoms with Crippen molar-refractivity contribution < 1.29 is 5.11 Å². The Morgan fingerprint density at radius 2 is 1.90 bits per heavy atom. The first kappa shape index (κ1) is 6.66. The average Bonchev–Trinajstić information content (AvgIpc) is 1.90. The lowest BCUT2D eigenvalue weighted by atomic mass is 9.60. The minimum atomic E-state index is -0.326. The van der Waals surface area contributed by atoms with Crippen LogP contribution in [0.3, 0.4) is 0 Å². The van der Waals surface area contributed by atoms with Gasteiger partial charge in [-0.1, -0.05) is 6.92 Å². The number of rotatable bonds is 0. The third-order valence-corrected chi connectivity index (χ3v) is 3.80. The van der Waals surface area contributed by atoms with Crippen LogP contribution in [-0.2, 0) is 0 Å². The van der Waals surface area contributed by atoms with Crippen LogP contribution in [0.1, 0.15) is 39.5 Å². The SMILES string of the molecule is C[C@@]12CC[C@@H]1[C@](C)(O)CC2. The Morgan fingerprint density at radius 1 is 1.20 bits per heavy atom. The van der Waals surface area contributed by atoms with Crippen molar-refractivity contribution in [3.63, 3.8) is 0 Å². The first-order chi connectivity index (χ1) is 4.55. The van der Waals surface area contributed by atoms with Crippen LogP contribution in [0.15, 0.2) is 0 Å². The normalized spacial score (nSPS) is 59.7. The molecule has 0 aromatic carbocycles. The van der Waals surface area contributed by atoms with Crippen LogP contribution in [0.5, 0.6) is 0 Å². The lowest BCUT2D eigenvalue weighted by Gasteiger charge is -2.46. The molecule has 10 heavy (non-hydrogen) atoms. The lowest BCUT2D eigenvalue weighted by molar-refractivity contribution is -0.0595. The van der Waals surface area contributed by atoms with Crippen molar-refractivity contribution in [1.82, 2.24) is 0 Å². The smallest absolute Gasteiger partial charge is 0.0653 e. The van der Waals surface area contributed by atoms with Crippen molar-refractivity contribution in [2.75, 3.05) is 0 Å². The van der Waals surface area contributed by atoms with E-state index in [0.717, 1.165) is 6.42 Å². The molecule has 1 nitrogen and oxygen atoms in total. The third kappa shape index (κ3) is 0.619. The molecule has 2 rings (SSSR count). The van der Waals surface area contributed by atoms with E-state index in [1.807, 2.05) is 6.92 Å². The summed E-state index contributed by atoms with van der Waals surface area (Å²) in [6.45, 7) is 4.32. The lowest BCUT2D eigenvalue weighted by Crippen LogP contribution is -2.43. The molecule has 0 saturated heterocycles. The van der Waals surface area contributed by atoms with E-state index in [2.05, 4.69) is 6.92 Å². The molecule has 0 spiro atoms. The van der Waals surface area contributed by atoms with Gasteiger partial charge >= 0.3 is 0 Å². The maximum atomic E-state index is 9.85. The zero-order chi connectivity index (χ0) is 7.41. The van der Waals surface area contributed by atoms with Crippen LogP contribution >= 0.6 is 0 Å². The third-order valence-electron chi connectivity index (χ3n) is 3.80.